The molecule has 0 saturated carbocycles. The maximum Gasteiger partial charge on any atom is 0.508 e. The van der Waals surface area contributed by atoms with Gasteiger partial charge >= 0.3 is 55.0 Å². The molecule has 0 rings (SSSR count). The maximum absolute atomic E-state index is 13.0. The largest absolute Gasteiger partial charge is 0.508 e. The number of hydrogen-bond acceptors (Lipinski definition) is 10. The fourth-order valence-corrected chi connectivity index (χ4v) is 1.48. The molecule has 0 fully saturated rings. The first-order valence-electron chi connectivity index (χ1n) is 9.21. The number of carbonyl (C=O) groups excluding carboxylic acids is 1. The quantitative estimate of drug-likeness (QED) is 0.184. The van der Waals surface area contributed by atoms with Crippen molar-refractivity contribution < 1.29 is 118 Å². The van der Waals surface area contributed by atoms with Gasteiger partial charge in [-0.2, -0.15) is 70.2 Å². The first kappa shape index (κ1) is 41.0. The second kappa shape index (κ2) is 14.4. The molecule has 0 aromatic carbocycles. The van der Waals surface area contributed by atoms with Gasteiger partial charge in [-0.15, -0.1) is 0 Å². The van der Waals surface area contributed by atoms with E-state index in [1.807, 2.05) is 0 Å². The Kier molecular flexibility index (Phi) is 14.4. The zero-order valence-corrected chi connectivity index (χ0v) is 19.5. The SMILES string of the molecule is COCC(F)(F)OC(F)(F)C(F)(F)OC(F)(F)COC(=O)OC.OCC(F)(F)OC(F)(F)C(F)(F)OC(F)(F)CO. The molecule has 2 N–H and O–H groups in total. The van der Waals surface area contributed by atoms with E-state index in [9.17, 15) is 75.0 Å². The molecule has 10 nitrogen and oxygen atoms in total. The van der Waals surface area contributed by atoms with Crippen LogP contribution in [-0.2, 0) is 33.2 Å². The number of hydrogen-bond donors (Lipinski definition) is 2. The monoisotopic (exact) mass is 660 g/mol. The molecule has 0 bridgehead atoms. The summed E-state index contributed by atoms with van der Waals surface area (Å²) >= 11 is 0. The second-order valence-electron chi connectivity index (χ2n) is 6.52. The highest BCUT2D eigenvalue weighted by atomic mass is 19.4. The van der Waals surface area contributed by atoms with E-state index < -0.39 is 81.5 Å². The van der Waals surface area contributed by atoms with Gasteiger partial charge < -0.3 is 24.4 Å². The third-order valence-electron chi connectivity index (χ3n) is 2.99. The summed E-state index contributed by atoms with van der Waals surface area (Å²) in [5.74, 6) is 0. The topological polar surface area (TPSA) is 122 Å². The van der Waals surface area contributed by atoms with Crippen molar-refractivity contribution in [2.75, 3.05) is 40.6 Å². The van der Waals surface area contributed by atoms with Gasteiger partial charge in [-0.3, -0.25) is 0 Å². The van der Waals surface area contributed by atoms with Crippen molar-refractivity contribution in [1.82, 2.24) is 0 Å². The molecule has 0 unspecified atom stereocenters. The lowest BCUT2D eigenvalue weighted by atomic mass is 10.5. The molecule has 0 spiro atoms. The van der Waals surface area contributed by atoms with Gasteiger partial charge in [-0.25, -0.2) is 23.7 Å². The molecule has 26 heteroatoms. The molecule has 0 atom stereocenters. The van der Waals surface area contributed by atoms with E-state index in [0.717, 1.165) is 0 Å². The number of carbonyl (C=O) groups is 1. The zero-order valence-electron chi connectivity index (χ0n) is 19.5. The van der Waals surface area contributed by atoms with Crippen LogP contribution in [0.15, 0.2) is 0 Å². The number of rotatable bonds is 16. The summed E-state index contributed by atoms with van der Waals surface area (Å²) < 4.78 is 222. The van der Waals surface area contributed by atoms with Gasteiger partial charge in [-0.05, 0) is 0 Å². The van der Waals surface area contributed by atoms with Crippen LogP contribution in [0.5, 0.6) is 0 Å². The molecule has 248 valence electrons. The van der Waals surface area contributed by atoms with E-state index in [1.165, 1.54) is 0 Å². The predicted octanol–water partition coefficient (Wildman–Crippen LogP) is 4.20. The second-order valence-corrected chi connectivity index (χ2v) is 6.52. The Labute approximate surface area is 215 Å². The van der Waals surface area contributed by atoms with E-state index in [0.29, 0.717) is 14.2 Å². The van der Waals surface area contributed by atoms with Gasteiger partial charge in [0, 0.05) is 7.11 Å². The summed E-state index contributed by atoms with van der Waals surface area (Å²) in [5.41, 5.74) is 0. The summed E-state index contributed by atoms with van der Waals surface area (Å²) in [6.45, 7) is -8.90. The highest BCUT2D eigenvalue weighted by molar-refractivity contribution is 5.59. The Balaban J connectivity index is 0. The van der Waals surface area contributed by atoms with E-state index >= 15 is 0 Å². The Morgan fingerprint density at radius 3 is 1.02 bits per heavy atom. The minimum Gasteiger partial charge on any atom is -0.438 e. The number of aliphatic hydroxyl groups excluding tert-OH is 2. The normalized spacial score (nSPS) is 14.3. The van der Waals surface area contributed by atoms with E-state index in [-0.39, 0.29) is 0 Å². The smallest absolute Gasteiger partial charge is 0.438 e. The van der Waals surface area contributed by atoms with Crippen molar-refractivity contribution in [3.8, 4) is 0 Å². The summed E-state index contributed by atoms with van der Waals surface area (Å²) in [5, 5.41) is 15.6. The van der Waals surface area contributed by atoms with Crippen molar-refractivity contribution in [2.24, 2.45) is 0 Å². The summed E-state index contributed by atoms with van der Waals surface area (Å²) in [4.78, 5) is 10.4. The molecule has 41 heavy (non-hydrogen) atoms. The van der Waals surface area contributed by atoms with Crippen LogP contribution in [0.3, 0.4) is 0 Å². The van der Waals surface area contributed by atoms with Gasteiger partial charge in [0.1, 0.15) is 19.8 Å². The van der Waals surface area contributed by atoms with Crippen molar-refractivity contribution >= 4 is 6.16 Å². The fourth-order valence-electron chi connectivity index (χ4n) is 1.48. The highest BCUT2D eigenvalue weighted by Gasteiger charge is 2.68. The third-order valence-corrected chi connectivity index (χ3v) is 2.99. The molecule has 0 saturated heterocycles. The van der Waals surface area contributed by atoms with Crippen molar-refractivity contribution in [3.63, 3.8) is 0 Å². The number of ether oxygens (including phenoxy) is 7. The average molecular weight is 660 g/mol. The number of alkyl halides is 16. The first-order valence-corrected chi connectivity index (χ1v) is 9.21. The summed E-state index contributed by atoms with van der Waals surface area (Å²) in [6.07, 6.45) is -46.8. The molecule has 0 aromatic heterocycles. The lowest BCUT2D eigenvalue weighted by molar-refractivity contribution is -0.515. The van der Waals surface area contributed by atoms with Crippen LogP contribution in [0.4, 0.5) is 75.0 Å². The lowest BCUT2D eigenvalue weighted by Crippen LogP contribution is -2.53. The minimum absolute atomic E-state index is 0.613. The van der Waals surface area contributed by atoms with Gasteiger partial charge in [-0.1, -0.05) is 0 Å². The molecule has 0 aliphatic carbocycles. The third kappa shape index (κ3) is 14.5. The molecule has 0 amide bonds. The molecule has 0 aliphatic heterocycles. The van der Waals surface area contributed by atoms with Crippen LogP contribution in [0.2, 0.25) is 0 Å². The van der Waals surface area contributed by atoms with Crippen LogP contribution >= 0.6 is 0 Å². The number of aliphatic hydroxyl groups is 2. The molecule has 0 radical (unpaired) electrons. The first-order chi connectivity index (χ1) is 18.0. The van der Waals surface area contributed by atoms with E-state index in [4.69, 9.17) is 10.2 Å². The van der Waals surface area contributed by atoms with Gasteiger partial charge in [0.05, 0.1) is 7.11 Å². The van der Waals surface area contributed by atoms with E-state index in [2.05, 4.69) is 33.2 Å². The van der Waals surface area contributed by atoms with Crippen LogP contribution in [0.1, 0.15) is 0 Å². The average Bonchev–Trinajstić information content (AvgIpc) is 2.74. The van der Waals surface area contributed by atoms with Crippen LogP contribution < -0.4 is 0 Å². The number of methoxy groups -OCH3 is 2. The Bertz CT molecular complexity index is 783. The van der Waals surface area contributed by atoms with Crippen molar-refractivity contribution in [2.45, 2.75) is 48.9 Å². The predicted molar refractivity (Wildman–Crippen MR) is 88.3 cm³/mol. The Hall–Kier alpha value is -2.13. The molecule has 0 heterocycles. The van der Waals surface area contributed by atoms with Crippen LogP contribution in [0.25, 0.3) is 0 Å². The van der Waals surface area contributed by atoms with Crippen LogP contribution in [-0.4, -0.2) is 106 Å². The molecule has 0 aliphatic rings. The number of halogens is 16. The van der Waals surface area contributed by atoms with E-state index in [1.54, 1.807) is 0 Å². The Morgan fingerprint density at radius 2 is 0.780 bits per heavy atom. The fraction of sp³-hybridized carbons (Fsp3) is 0.933. The van der Waals surface area contributed by atoms with Gasteiger partial charge in [0.2, 0.25) is 0 Å². The molecule has 0 aromatic rings. The Morgan fingerprint density at radius 1 is 0.512 bits per heavy atom. The molecular formula is C15H16F16O10. The maximum atomic E-state index is 13.0. The van der Waals surface area contributed by atoms with Gasteiger partial charge in [0.15, 0.2) is 6.61 Å². The molecular weight excluding hydrogens is 644 g/mol. The van der Waals surface area contributed by atoms with Crippen LogP contribution in [0, 0.1) is 0 Å². The van der Waals surface area contributed by atoms with Crippen molar-refractivity contribution in [1.29, 1.82) is 0 Å². The summed E-state index contributed by atoms with van der Waals surface area (Å²) in [6, 6.07) is 0. The summed E-state index contributed by atoms with van der Waals surface area (Å²) in [7, 11) is 1.29. The highest BCUT2D eigenvalue weighted by Crippen LogP contribution is 2.44. The lowest BCUT2D eigenvalue weighted by Gasteiger charge is -2.30. The standard InChI is InChI=1S/C9H10F8O6.C6H6F8O4/c1-19-3-6(10,11)22-8(14,15)9(16,17)23-7(12,13)4-21-5(18)20-2;7-3(8,1-15)17-5(11,12)6(13,14)18-4(9,10)2-16/h3-4H2,1-2H3;15-16H,1-2H2. The minimum atomic E-state index is -6.20. The van der Waals surface area contributed by atoms with Gasteiger partial charge in [0.25, 0.3) is 0 Å². The zero-order chi connectivity index (χ0) is 33.4. The van der Waals surface area contributed by atoms with Crippen molar-refractivity contribution in [3.05, 3.63) is 0 Å².